The van der Waals surface area contributed by atoms with Crippen molar-refractivity contribution >= 4 is 0 Å². The molecule has 106 valence electrons. The van der Waals surface area contributed by atoms with Gasteiger partial charge in [0.05, 0.1) is 12.5 Å². The van der Waals surface area contributed by atoms with Crippen LogP contribution in [0.3, 0.4) is 0 Å². The summed E-state index contributed by atoms with van der Waals surface area (Å²) in [6.07, 6.45) is 3.21. The van der Waals surface area contributed by atoms with Gasteiger partial charge in [0.1, 0.15) is 5.75 Å². The highest BCUT2D eigenvalue weighted by molar-refractivity contribution is 5.40. The third-order valence-electron chi connectivity index (χ3n) is 3.55. The van der Waals surface area contributed by atoms with E-state index in [4.69, 9.17) is 14.4 Å². The van der Waals surface area contributed by atoms with Crippen molar-refractivity contribution in [3.63, 3.8) is 0 Å². The predicted octanol–water partition coefficient (Wildman–Crippen LogP) is 2.30. The minimum Gasteiger partial charge on any atom is -0.493 e. The Hall–Kier alpha value is -1.88. The second-order valence-electron chi connectivity index (χ2n) is 4.95. The van der Waals surface area contributed by atoms with Gasteiger partial charge in [0.15, 0.2) is 5.82 Å². The molecule has 1 aliphatic rings. The van der Waals surface area contributed by atoms with E-state index >= 15 is 0 Å². The number of hydrogen-bond donors (Lipinski definition) is 1. The lowest BCUT2D eigenvalue weighted by atomic mass is 9.92. The highest BCUT2D eigenvalue weighted by Gasteiger charge is 2.26. The summed E-state index contributed by atoms with van der Waals surface area (Å²) < 4.78 is 10.9. The molecule has 1 atom stereocenters. The van der Waals surface area contributed by atoms with Gasteiger partial charge in [-0.25, -0.2) is 0 Å². The number of aliphatic hydroxyl groups excluding tert-OH is 1. The van der Waals surface area contributed by atoms with Gasteiger partial charge in [-0.2, -0.15) is 4.98 Å². The molecule has 0 fully saturated rings. The van der Waals surface area contributed by atoms with E-state index in [0.29, 0.717) is 12.5 Å². The standard InChI is InChI=1S/C15H18N2O3/c18-9-4-3-7-14-16-15(17-20-14)12-8-10-19-13-6-2-1-5-11(12)13/h1-2,5-6,12,18H,3-4,7-10H2. The summed E-state index contributed by atoms with van der Waals surface area (Å²) in [6.45, 7) is 0.879. The first-order chi connectivity index (χ1) is 9.88. The summed E-state index contributed by atoms with van der Waals surface area (Å²) in [7, 11) is 0. The molecule has 1 N–H and O–H groups in total. The number of aliphatic hydroxyl groups is 1. The third-order valence-corrected chi connectivity index (χ3v) is 3.55. The van der Waals surface area contributed by atoms with Gasteiger partial charge in [0, 0.05) is 18.6 Å². The average Bonchev–Trinajstić information content (AvgIpc) is 2.96. The van der Waals surface area contributed by atoms with E-state index in [1.54, 1.807) is 0 Å². The van der Waals surface area contributed by atoms with E-state index in [0.717, 1.165) is 42.8 Å². The SMILES string of the molecule is OCCCCc1nc(C2CCOc3ccccc32)no1. The molecule has 1 unspecified atom stereocenters. The number of nitrogens with zero attached hydrogens (tertiary/aromatic N) is 2. The van der Waals surface area contributed by atoms with Gasteiger partial charge in [0.25, 0.3) is 0 Å². The molecule has 0 saturated carbocycles. The highest BCUT2D eigenvalue weighted by atomic mass is 16.5. The molecule has 0 aliphatic carbocycles. The number of ether oxygens (including phenoxy) is 1. The van der Waals surface area contributed by atoms with Gasteiger partial charge in [-0.3, -0.25) is 0 Å². The Labute approximate surface area is 117 Å². The van der Waals surface area contributed by atoms with Crippen LogP contribution in [0.2, 0.25) is 0 Å². The maximum Gasteiger partial charge on any atom is 0.226 e. The largest absolute Gasteiger partial charge is 0.493 e. The van der Waals surface area contributed by atoms with Crippen LogP contribution in [0.5, 0.6) is 5.75 Å². The average molecular weight is 274 g/mol. The monoisotopic (exact) mass is 274 g/mol. The van der Waals surface area contributed by atoms with Gasteiger partial charge >= 0.3 is 0 Å². The molecule has 0 saturated heterocycles. The minimum atomic E-state index is 0.148. The van der Waals surface area contributed by atoms with E-state index < -0.39 is 0 Å². The first kappa shape index (κ1) is 13.1. The maximum absolute atomic E-state index is 8.78. The molecule has 0 spiro atoms. The van der Waals surface area contributed by atoms with Crippen molar-refractivity contribution in [3.8, 4) is 5.75 Å². The summed E-state index contributed by atoms with van der Waals surface area (Å²) in [4.78, 5) is 4.49. The fourth-order valence-corrected chi connectivity index (χ4v) is 2.51. The van der Waals surface area contributed by atoms with Gasteiger partial charge < -0.3 is 14.4 Å². The summed E-state index contributed by atoms with van der Waals surface area (Å²) in [6, 6.07) is 8.01. The van der Waals surface area contributed by atoms with E-state index in [-0.39, 0.29) is 12.5 Å². The van der Waals surface area contributed by atoms with E-state index in [1.807, 2.05) is 18.2 Å². The van der Waals surface area contributed by atoms with Gasteiger partial charge in [-0.15, -0.1) is 0 Å². The minimum absolute atomic E-state index is 0.148. The Kier molecular flexibility index (Phi) is 3.97. The number of unbranched alkanes of at least 4 members (excludes halogenated alkanes) is 1. The number of aryl methyl sites for hydroxylation is 1. The van der Waals surface area contributed by atoms with Crippen molar-refractivity contribution in [2.45, 2.75) is 31.6 Å². The third kappa shape index (κ3) is 2.67. The molecule has 0 bridgehead atoms. The highest BCUT2D eigenvalue weighted by Crippen LogP contribution is 2.36. The molecule has 0 radical (unpaired) electrons. The van der Waals surface area contributed by atoms with E-state index in [9.17, 15) is 0 Å². The van der Waals surface area contributed by atoms with Gasteiger partial charge in [-0.05, 0) is 25.3 Å². The number of fused-ring (bicyclic) bond motifs is 1. The van der Waals surface area contributed by atoms with Crippen molar-refractivity contribution in [1.29, 1.82) is 0 Å². The molecule has 3 rings (SSSR count). The first-order valence-corrected chi connectivity index (χ1v) is 7.03. The number of rotatable bonds is 5. The number of hydrogen-bond acceptors (Lipinski definition) is 5. The predicted molar refractivity (Wildman–Crippen MR) is 72.7 cm³/mol. The zero-order chi connectivity index (χ0) is 13.8. The Morgan fingerprint density at radius 1 is 1.25 bits per heavy atom. The van der Waals surface area contributed by atoms with Crippen LogP contribution in [0.4, 0.5) is 0 Å². The molecule has 1 aromatic heterocycles. The van der Waals surface area contributed by atoms with Crippen LogP contribution in [0.1, 0.15) is 42.5 Å². The molecule has 0 amide bonds. The second-order valence-corrected chi connectivity index (χ2v) is 4.95. The molecule has 20 heavy (non-hydrogen) atoms. The molecule has 2 aromatic rings. The number of benzene rings is 1. The summed E-state index contributed by atoms with van der Waals surface area (Å²) in [5.41, 5.74) is 1.13. The van der Waals surface area contributed by atoms with Crippen molar-refractivity contribution in [2.75, 3.05) is 13.2 Å². The topological polar surface area (TPSA) is 68.4 Å². The summed E-state index contributed by atoms with van der Waals surface area (Å²) in [5, 5.41) is 12.9. The van der Waals surface area contributed by atoms with Crippen molar-refractivity contribution in [2.24, 2.45) is 0 Å². The van der Waals surface area contributed by atoms with Gasteiger partial charge in [-0.1, -0.05) is 23.4 Å². The van der Waals surface area contributed by atoms with Crippen LogP contribution in [-0.4, -0.2) is 28.5 Å². The van der Waals surface area contributed by atoms with Crippen LogP contribution in [0.15, 0.2) is 28.8 Å². The Bertz CT molecular complexity index is 568. The molecule has 2 heterocycles. The van der Waals surface area contributed by atoms with Crippen molar-refractivity contribution in [1.82, 2.24) is 10.1 Å². The van der Waals surface area contributed by atoms with Crippen LogP contribution < -0.4 is 4.74 Å². The molecular weight excluding hydrogens is 256 g/mol. The fourth-order valence-electron chi connectivity index (χ4n) is 2.51. The Morgan fingerprint density at radius 2 is 2.15 bits per heavy atom. The molecule has 5 heteroatoms. The lowest BCUT2D eigenvalue weighted by Gasteiger charge is -2.23. The summed E-state index contributed by atoms with van der Waals surface area (Å²) >= 11 is 0. The van der Waals surface area contributed by atoms with Crippen LogP contribution in [0, 0.1) is 0 Å². The lowest BCUT2D eigenvalue weighted by molar-refractivity contribution is 0.271. The Morgan fingerprint density at radius 3 is 3.05 bits per heavy atom. The first-order valence-electron chi connectivity index (χ1n) is 7.03. The second kappa shape index (κ2) is 6.05. The van der Waals surface area contributed by atoms with Gasteiger partial charge in [0.2, 0.25) is 5.89 Å². The summed E-state index contributed by atoms with van der Waals surface area (Å²) in [5.74, 6) is 2.45. The van der Waals surface area contributed by atoms with Crippen molar-refractivity contribution < 1.29 is 14.4 Å². The fraction of sp³-hybridized carbons (Fsp3) is 0.467. The number of para-hydroxylation sites is 1. The zero-order valence-electron chi connectivity index (χ0n) is 11.3. The van der Waals surface area contributed by atoms with Crippen molar-refractivity contribution in [3.05, 3.63) is 41.5 Å². The van der Waals surface area contributed by atoms with E-state index in [2.05, 4.69) is 16.2 Å². The normalized spacial score (nSPS) is 17.6. The van der Waals surface area contributed by atoms with Crippen LogP contribution >= 0.6 is 0 Å². The smallest absolute Gasteiger partial charge is 0.226 e. The van der Waals surface area contributed by atoms with Crippen LogP contribution in [0.25, 0.3) is 0 Å². The zero-order valence-corrected chi connectivity index (χ0v) is 11.3. The van der Waals surface area contributed by atoms with E-state index in [1.165, 1.54) is 0 Å². The van der Waals surface area contributed by atoms with Crippen LogP contribution in [-0.2, 0) is 6.42 Å². The lowest BCUT2D eigenvalue weighted by Crippen LogP contribution is -2.16. The Balaban J connectivity index is 1.77. The molecule has 5 nitrogen and oxygen atoms in total. The maximum atomic E-state index is 8.78. The molecular formula is C15H18N2O3. The molecule has 1 aromatic carbocycles. The molecule has 1 aliphatic heterocycles. The quantitative estimate of drug-likeness (QED) is 0.847. The number of aromatic nitrogens is 2.